The van der Waals surface area contributed by atoms with E-state index in [1.165, 1.54) is 0 Å². The third-order valence-electron chi connectivity index (χ3n) is 2.94. The van der Waals surface area contributed by atoms with E-state index < -0.39 is 0 Å². The number of ketones is 1. The Morgan fingerprint density at radius 2 is 1.67 bits per heavy atom. The molecule has 0 N–H and O–H groups in total. The summed E-state index contributed by atoms with van der Waals surface area (Å²) in [6, 6.07) is 0. The summed E-state index contributed by atoms with van der Waals surface area (Å²) in [5.74, 6) is 0.765. The van der Waals surface area contributed by atoms with Crippen LogP contribution in [0.2, 0.25) is 0 Å². The highest BCUT2D eigenvalue weighted by molar-refractivity contribution is 5.79. The monoisotopic (exact) mass is 214 g/mol. The topological polar surface area (TPSA) is 44.8 Å². The first-order chi connectivity index (χ1) is 7.34. The van der Waals surface area contributed by atoms with Crippen molar-refractivity contribution in [1.82, 2.24) is 0 Å². The van der Waals surface area contributed by atoms with Gasteiger partial charge in [-0.1, -0.05) is 0 Å². The Kier molecular flexibility index (Phi) is 4.11. The highest BCUT2D eigenvalue weighted by atomic mass is 16.7. The summed E-state index contributed by atoms with van der Waals surface area (Å²) in [4.78, 5) is 11.7. The van der Waals surface area contributed by atoms with E-state index in [1.54, 1.807) is 0 Å². The largest absolute Gasteiger partial charge is 0.381 e. The molecular formula is C11H18O4. The Morgan fingerprint density at radius 3 is 2.33 bits per heavy atom. The van der Waals surface area contributed by atoms with Crippen LogP contribution in [0, 0.1) is 5.92 Å². The SMILES string of the molecule is O=C(CC1CCOCC1)CC1OCCO1. The normalized spacial score (nSPS) is 24.5. The average Bonchev–Trinajstić information content (AvgIpc) is 2.71. The summed E-state index contributed by atoms with van der Waals surface area (Å²) in [5, 5.41) is 0. The second-order valence-corrected chi connectivity index (χ2v) is 4.17. The highest BCUT2D eigenvalue weighted by Gasteiger charge is 2.22. The number of Topliss-reactive ketones (excluding diaryl/α,β-unsaturated/α-hetero) is 1. The second kappa shape index (κ2) is 5.58. The van der Waals surface area contributed by atoms with Crippen LogP contribution in [0.25, 0.3) is 0 Å². The molecule has 15 heavy (non-hydrogen) atoms. The third-order valence-corrected chi connectivity index (χ3v) is 2.94. The summed E-state index contributed by atoms with van der Waals surface area (Å²) in [5.41, 5.74) is 0. The predicted octanol–water partition coefficient (Wildman–Crippen LogP) is 1.14. The van der Waals surface area contributed by atoms with Crippen molar-refractivity contribution in [2.45, 2.75) is 32.0 Å². The van der Waals surface area contributed by atoms with Crippen LogP contribution < -0.4 is 0 Å². The van der Waals surface area contributed by atoms with Gasteiger partial charge in [-0.2, -0.15) is 0 Å². The molecule has 0 unspecified atom stereocenters. The standard InChI is InChI=1S/C11H18O4/c12-10(8-11-14-5-6-15-11)7-9-1-3-13-4-2-9/h9,11H,1-8H2. The summed E-state index contributed by atoms with van der Waals surface area (Å²) < 4.78 is 15.7. The van der Waals surface area contributed by atoms with Crippen molar-refractivity contribution in [2.24, 2.45) is 5.92 Å². The Morgan fingerprint density at radius 1 is 1.00 bits per heavy atom. The van der Waals surface area contributed by atoms with Crippen LogP contribution in [0.15, 0.2) is 0 Å². The molecule has 0 radical (unpaired) electrons. The third kappa shape index (κ3) is 3.55. The van der Waals surface area contributed by atoms with E-state index in [0.717, 1.165) is 26.1 Å². The van der Waals surface area contributed by atoms with Gasteiger partial charge >= 0.3 is 0 Å². The molecule has 0 aromatic rings. The molecule has 0 amide bonds. The number of ether oxygens (including phenoxy) is 3. The molecule has 2 heterocycles. The zero-order chi connectivity index (χ0) is 10.5. The van der Waals surface area contributed by atoms with Crippen molar-refractivity contribution in [3.63, 3.8) is 0 Å². The van der Waals surface area contributed by atoms with Crippen LogP contribution >= 0.6 is 0 Å². The van der Waals surface area contributed by atoms with Crippen molar-refractivity contribution in [3.05, 3.63) is 0 Å². The van der Waals surface area contributed by atoms with Gasteiger partial charge in [0.15, 0.2) is 6.29 Å². The quantitative estimate of drug-likeness (QED) is 0.704. The van der Waals surface area contributed by atoms with E-state index in [9.17, 15) is 4.79 Å². The Balaban J connectivity index is 1.66. The second-order valence-electron chi connectivity index (χ2n) is 4.17. The maximum atomic E-state index is 11.7. The fourth-order valence-corrected chi connectivity index (χ4v) is 2.07. The van der Waals surface area contributed by atoms with Crippen molar-refractivity contribution in [1.29, 1.82) is 0 Å². The fourth-order valence-electron chi connectivity index (χ4n) is 2.07. The molecule has 0 aromatic heterocycles. The first-order valence-electron chi connectivity index (χ1n) is 5.67. The first kappa shape index (κ1) is 11.0. The van der Waals surface area contributed by atoms with E-state index in [2.05, 4.69) is 0 Å². The van der Waals surface area contributed by atoms with E-state index in [1.807, 2.05) is 0 Å². The van der Waals surface area contributed by atoms with Crippen LogP contribution in [-0.4, -0.2) is 38.5 Å². The number of hydrogen-bond donors (Lipinski definition) is 0. The van der Waals surface area contributed by atoms with E-state index >= 15 is 0 Å². The van der Waals surface area contributed by atoms with Crippen molar-refractivity contribution in [2.75, 3.05) is 26.4 Å². The minimum atomic E-state index is -0.280. The minimum absolute atomic E-state index is 0.258. The lowest BCUT2D eigenvalue weighted by Crippen LogP contribution is -2.21. The Labute approximate surface area is 89.9 Å². The molecule has 0 saturated carbocycles. The molecule has 2 rings (SSSR count). The predicted molar refractivity (Wildman–Crippen MR) is 53.5 cm³/mol. The minimum Gasteiger partial charge on any atom is -0.381 e. The Bertz CT molecular complexity index is 205. The van der Waals surface area contributed by atoms with E-state index in [0.29, 0.717) is 32.0 Å². The summed E-state index contributed by atoms with van der Waals surface area (Å²) >= 11 is 0. The van der Waals surface area contributed by atoms with Gasteiger partial charge < -0.3 is 14.2 Å². The van der Waals surface area contributed by atoms with Gasteiger partial charge in [0.25, 0.3) is 0 Å². The van der Waals surface area contributed by atoms with Crippen LogP contribution in [0.4, 0.5) is 0 Å². The smallest absolute Gasteiger partial charge is 0.164 e. The molecule has 0 aromatic carbocycles. The van der Waals surface area contributed by atoms with Crippen LogP contribution in [0.5, 0.6) is 0 Å². The van der Waals surface area contributed by atoms with Gasteiger partial charge in [0.2, 0.25) is 0 Å². The van der Waals surface area contributed by atoms with Crippen molar-refractivity contribution >= 4 is 5.78 Å². The summed E-state index contributed by atoms with van der Waals surface area (Å²) in [7, 11) is 0. The fraction of sp³-hybridized carbons (Fsp3) is 0.909. The zero-order valence-electron chi connectivity index (χ0n) is 8.94. The Hall–Kier alpha value is -0.450. The van der Waals surface area contributed by atoms with Gasteiger partial charge in [0.1, 0.15) is 5.78 Å². The van der Waals surface area contributed by atoms with Gasteiger partial charge in [-0.25, -0.2) is 0 Å². The summed E-state index contributed by atoms with van der Waals surface area (Å²) in [6.07, 6.45) is 2.82. The molecule has 4 heteroatoms. The summed E-state index contributed by atoms with van der Waals surface area (Å²) in [6.45, 7) is 2.84. The lowest BCUT2D eigenvalue weighted by atomic mass is 9.93. The lowest BCUT2D eigenvalue weighted by Gasteiger charge is -2.21. The number of carbonyl (C=O) groups excluding carboxylic acids is 1. The van der Waals surface area contributed by atoms with E-state index in [4.69, 9.17) is 14.2 Å². The van der Waals surface area contributed by atoms with Crippen LogP contribution in [0.1, 0.15) is 25.7 Å². The van der Waals surface area contributed by atoms with E-state index in [-0.39, 0.29) is 12.1 Å². The zero-order valence-corrected chi connectivity index (χ0v) is 8.94. The van der Waals surface area contributed by atoms with Gasteiger partial charge in [-0.3, -0.25) is 4.79 Å². The average molecular weight is 214 g/mol. The number of rotatable bonds is 4. The van der Waals surface area contributed by atoms with Gasteiger partial charge in [-0.05, 0) is 18.8 Å². The molecule has 2 fully saturated rings. The molecule has 0 atom stereocenters. The molecule has 0 bridgehead atoms. The molecule has 2 aliphatic heterocycles. The maximum Gasteiger partial charge on any atom is 0.164 e. The molecule has 2 aliphatic rings. The van der Waals surface area contributed by atoms with Crippen LogP contribution in [0.3, 0.4) is 0 Å². The molecule has 0 spiro atoms. The number of carbonyl (C=O) groups is 1. The van der Waals surface area contributed by atoms with Crippen molar-refractivity contribution in [3.8, 4) is 0 Å². The van der Waals surface area contributed by atoms with Crippen LogP contribution in [-0.2, 0) is 19.0 Å². The van der Waals surface area contributed by atoms with Gasteiger partial charge in [0.05, 0.1) is 19.6 Å². The molecule has 86 valence electrons. The van der Waals surface area contributed by atoms with Gasteiger partial charge in [0, 0.05) is 19.6 Å². The molecular weight excluding hydrogens is 196 g/mol. The molecule has 0 aliphatic carbocycles. The molecule has 4 nitrogen and oxygen atoms in total. The maximum absolute atomic E-state index is 11.7. The molecule has 2 saturated heterocycles. The highest BCUT2D eigenvalue weighted by Crippen LogP contribution is 2.20. The van der Waals surface area contributed by atoms with Gasteiger partial charge in [-0.15, -0.1) is 0 Å². The first-order valence-corrected chi connectivity index (χ1v) is 5.67. The number of hydrogen-bond acceptors (Lipinski definition) is 4. The van der Waals surface area contributed by atoms with Crippen molar-refractivity contribution < 1.29 is 19.0 Å². The lowest BCUT2D eigenvalue weighted by molar-refractivity contribution is -0.128.